The van der Waals surface area contributed by atoms with Gasteiger partial charge in [0.05, 0.1) is 25.4 Å². The number of hydrogen-bond donors (Lipinski definition) is 3. The van der Waals surface area contributed by atoms with E-state index in [-0.39, 0.29) is 5.88 Å². The maximum atomic E-state index is 10.2. The minimum Gasteiger partial charge on any atom is -0.494 e. The number of nitrogens with zero attached hydrogens (tertiary/aromatic N) is 3. The summed E-state index contributed by atoms with van der Waals surface area (Å²) in [7, 11) is 0. The number of aromatic hydroxyl groups is 1. The highest BCUT2D eigenvalue weighted by atomic mass is 35.5. The Labute approximate surface area is 208 Å². The topological polar surface area (TPSA) is 98.8 Å². The number of hydrogen-bond acceptors (Lipinski definition) is 6. The van der Waals surface area contributed by atoms with Crippen LogP contribution >= 0.6 is 11.6 Å². The van der Waals surface area contributed by atoms with Crippen LogP contribution in [0.25, 0.3) is 10.9 Å². The third-order valence-corrected chi connectivity index (χ3v) is 6.27. The number of aliphatic imine (C=N–C) groups is 1. The van der Waals surface area contributed by atoms with Crippen molar-refractivity contribution in [2.45, 2.75) is 12.8 Å². The monoisotopic (exact) mass is 493 g/mol. The number of ether oxygens (including phenoxy) is 2. The molecule has 0 spiro atoms. The second kappa shape index (κ2) is 10.9. The predicted octanol–water partition coefficient (Wildman–Crippen LogP) is 4.69. The van der Waals surface area contributed by atoms with Gasteiger partial charge in [-0.2, -0.15) is 5.10 Å². The molecule has 5 rings (SSSR count). The zero-order valence-corrected chi connectivity index (χ0v) is 20.1. The Hall–Kier alpha value is -3.33. The maximum Gasteiger partial charge on any atom is 0.198 e. The molecule has 182 valence electrons. The minimum absolute atomic E-state index is 0.0465. The van der Waals surface area contributed by atoms with Crippen LogP contribution in [0.3, 0.4) is 0 Å². The summed E-state index contributed by atoms with van der Waals surface area (Å²) >= 11 is 6.10. The molecule has 8 nitrogen and oxygen atoms in total. The van der Waals surface area contributed by atoms with Gasteiger partial charge in [-0.15, -0.1) is 0 Å². The van der Waals surface area contributed by atoms with Gasteiger partial charge in [0, 0.05) is 60.0 Å². The van der Waals surface area contributed by atoms with Crippen molar-refractivity contribution >= 4 is 34.5 Å². The van der Waals surface area contributed by atoms with Crippen molar-refractivity contribution < 1.29 is 14.6 Å². The summed E-state index contributed by atoms with van der Waals surface area (Å²) in [6.07, 6.45) is 3.30. The van der Waals surface area contributed by atoms with E-state index in [4.69, 9.17) is 21.1 Å². The molecule has 35 heavy (non-hydrogen) atoms. The normalized spacial score (nSPS) is 14.8. The van der Waals surface area contributed by atoms with E-state index in [9.17, 15) is 5.11 Å². The zero-order chi connectivity index (χ0) is 24.0. The van der Waals surface area contributed by atoms with Crippen molar-refractivity contribution in [3.8, 4) is 11.6 Å². The lowest BCUT2D eigenvalue weighted by molar-refractivity contribution is 0.0358. The van der Waals surface area contributed by atoms with E-state index in [1.165, 1.54) is 0 Å². The molecule has 0 radical (unpaired) electrons. The summed E-state index contributed by atoms with van der Waals surface area (Å²) in [6.45, 7) is 5.42. The number of H-pyrrole nitrogens is 2. The van der Waals surface area contributed by atoms with Crippen molar-refractivity contribution in [1.82, 2.24) is 20.1 Å². The first kappa shape index (κ1) is 23.4. The van der Waals surface area contributed by atoms with Crippen LogP contribution < -0.4 is 4.74 Å². The van der Waals surface area contributed by atoms with Gasteiger partial charge in [-0.25, -0.2) is 4.99 Å². The quantitative estimate of drug-likeness (QED) is 0.232. The fraction of sp³-hybridized carbons (Fsp3) is 0.308. The Bertz CT molecular complexity index is 1290. The Kier molecular flexibility index (Phi) is 7.32. The molecule has 1 aliphatic heterocycles. The fourth-order valence-corrected chi connectivity index (χ4v) is 4.34. The molecular formula is C26H28ClN5O3. The number of rotatable bonds is 9. The molecule has 0 saturated carbocycles. The summed E-state index contributed by atoms with van der Waals surface area (Å²) in [4.78, 5) is 9.76. The summed E-state index contributed by atoms with van der Waals surface area (Å²) in [5.74, 6) is 1.46. The lowest BCUT2D eigenvalue weighted by Gasteiger charge is -2.26. The molecular weight excluding hydrogens is 466 g/mol. The number of halogens is 1. The highest BCUT2D eigenvalue weighted by molar-refractivity contribution is 6.31. The zero-order valence-electron chi connectivity index (χ0n) is 19.3. The molecule has 3 heterocycles. The van der Waals surface area contributed by atoms with E-state index in [0.29, 0.717) is 29.4 Å². The smallest absolute Gasteiger partial charge is 0.198 e. The summed E-state index contributed by atoms with van der Waals surface area (Å²) < 4.78 is 11.3. The van der Waals surface area contributed by atoms with Crippen LogP contribution in [0.4, 0.5) is 5.82 Å². The third kappa shape index (κ3) is 6.03. The molecule has 1 fully saturated rings. The van der Waals surface area contributed by atoms with Crippen molar-refractivity contribution in [3.05, 3.63) is 70.4 Å². The van der Waals surface area contributed by atoms with Gasteiger partial charge in [0.1, 0.15) is 5.75 Å². The first-order valence-corrected chi connectivity index (χ1v) is 12.1. The van der Waals surface area contributed by atoms with Gasteiger partial charge < -0.3 is 19.6 Å². The van der Waals surface area contributed by atoms with Crippen LogP contribution in [0.5, 0.6) is 11.6 Å². The largest absolute Gasteiger partial charge is 0.494 e. The van der Waals surface area contributed by atoms with Gasteiger partial charge in [0.2, 0.25) is 0 Å². The SMILES string of the molecule is Oc1[nH]c2ccc(Cl)cc2c1C=Nc1cc(Cc2ccc(OCCCN3CCOCC3)cc2)[nH]n1. The highest BCUT2D eigenvalue weighted by Crippen LogP contribution is 2.28. The lowest BCUT2D eigenvalue weighted by Crippen LogP contribution is -2.37. The number of nitrogens with one attached hydrogen (secondary N) is 2. The average Bonchev–Trinajstić information content (AvgIpc) is 3.45. The van der Waals surface area contributed by atoms with Gasteiger partial charge in [-0.05, 0) is 42.3 Å². The third-order valence-electron chi connectivity index (χ3n) is 6.03. The van der Waals surface area contributed by atoms with Gasteiger partial charge >= 0.3 is 0 Å². The van der Waals surface area contributed by atoms with Crippen LogP contribution in [-0.4, -0.2) is 70.9 Å². The second-order valence-corrected chi connectivity index (χ2v) is 9.00. The van der Waals surface area contributed by atoms with Gasteiger partial charge in [0.15, 0.2) is 11.7 Å². The van der Waals surface area contributed by atoms with E-state index in [1.807, 2.05) is 24.3 Å². The van der Waals surface area contributed by atoms with E-state index in [1.54, 1.807) is 18.3 Å². The summed E-state index contributed by atoms with van der Waals surface area (Å²) in [5, 5.41) is 18.9. The molecule has 2 aromatic carbocycles. The number of aromatic amines is 2. The number of fused-ring (bicyclic) bond motifs is 1. The van der Waals surface area contributed by atoms with Crippen molar-refractivity contribution in [2.75, 3.05) is 39.5 Å². The number of morpholine rings is 1. The molecule has 0 aliphatic carbocycles. The molecule has 2 aromatic heterocycles. The standard InChI is InChI=1S/C26H28ClN5O3/c27-19-4-7-24-22(15-19)23(26(33)29-24)17-28-25-16-20(30-31-25)14-18-2-5-21(6-3-18)35-11-1-8-32-9-12-34-13-10-32/h2-7,15-17,29,33H,1,8-14H2,(H,30,31). The lowest BCUT2D eigenvalue weighted by atomic mass is 10.1. The minimum atomic E-state index is 0.0465. The van der Waals surface area contributed by atoms with Crippen LogP contribution in [0.1, 0.15) is 23.2 Å². The van der Waals surface area contributed by atoms with Gasteiger partial charge in [-0.1, -0.05) is 23.7 Å². The van der Waals surface area contributed by atoms with E-state index in [2.05, 4.69) is 37.2 Å². The molecule has 1 saturated heterocycles. The Morgan fingerprint density at radius 2 is 1.97 bits per heavy atom. The Balaban J connectivity index is 1.13. The van der Waals surface area contributed by atoms with E-state index in [0.717, 1.165) is 67.2 Å². The fourth-order valence-electron chi connectivity index (χ4n) is 4.16. The molecule has 4 aromatic rings. The predicted molar refractivity (Wildman–Crippen MR) is 137 cm³/mol. The average molecular weight is 494 g/mol. The van der Waals surface area contributed by atoms with Crippen LogP contribution in [0.15, 0.2) is 53.5 Å². The van der Waals surface area contributed by atoms with Crippen LogP contribution in [0.2, 0.25) is 5.02 Å². The molecule has 3 N–H and O–H groups in total. The molecule has 0 unspecified atom stereocenters. The molecule has 0 amide bonds. The maximum absolute atomic E-state index is 10.2. The first-order chi connectivity index (χ1) is 17.1. The Morgan fingerprint density at radius 3 is 2.80 bits per heavy atom. The summed E-state index contributed by atoms with van der Waals surface area (Å²) in [6, 6.07) is 15.4. The highest BCUT2D eigenvalue weighted by Gasteiger charge is 2.11. The summed E-state index contributed by atoms with van der Waals surface area (Å²) in [5.41, 5.74) is 3.46. The first-order valence-electron chi connectivity index (χ1n) is 11.7. The van der Waals surface area contributed by atoms with Gasteiger partial charge in [-0.3, -0.25) is 10.00 Å². The van der Waals surface area contributed by atoms with E-state index >= 15 is 0 Å². The van der Waals surface area contributed by atoms with Gasteiger partial charge in [0.25, 0.3) is 0 Å². The van der Waals surface area contributed by atoms with Crippen molar-refractivity contribution in [3.63, 3.8) is 0 Å². The van der Waals surface area contributed by atoms with Crippen molar-refractivity contribution in [1.29, 1.82) is 0 Å². The Morgan fingerprint density at radius 1 is 1.14 bits per heavy atom. The van der Waals surface area contributed by atoms with Crippen LogP contribution in [-0.2, 0) is 11.2 Å². The number of aromatic nitrogens is 3. The molecule has 1 aliphatic rings. The van der Waals surface area contributed by atoms with Crippen LogP contribution in [0, 0.1) is 0 Å². The van der Waals surface area contributed by atoms with E-state index < -0.39 is 0 Å². The molecule has 0 bridgehead atoms. The number of benzene rings is 2. The second-order valence-electron chi connectivity index (χ2n) is 8.56. The molecule has 0 atom stereocenters. The molecule has 9 heteroatoms. The van der Waals surface area contributed by atoms with Crippen molar-refractivity contribution in [2.24, 2.45) is 4.99 Å².